The Bertz CT molecular complexity index is 351. The Kier molecular flexibility index (Phi) is 6.84. The van der Waals surface area contributed by atoms with E-state index in [0.29, 0.717) is 5.25 Å². The molecule has 96 valence electrons. The monoisotopic (exact) mass is 319 g/mol. The van der Waals surface area contributed by atoms with Gasteiger partial charge in [-0.2, -0.15) is 0 Å². The maximum atomic E-state index is 8.88. The Morgan fingerprint density at radius 3 is 2.94 bits per heavy atom. The molecule has 0 aliphatic rings. The molecule has 0 aromatic carbocycles. The number of hydrogen-bond donors (Lipinski definition) is 2. The minimum Gasteiger partial charge on any atom is -0.396 e. The van der Waals surface area contributed by atoms with Crippen LogP contribution >= 0.6 is 27.7 Å². The zero-order valence-electron chi connectivity index (χ0n) is 10.1. The Labute approximate surface area is 115 Å². The first-order chi connectivity index (χ1) is 8.19. The molecule has 0 saturated heterocycles. The van der Waals surface area contributed by atoms with Gasteiger partial charge in [-0.25, -0.2) is 9.97 Å². The fourth-order valence-electron chi connectivity index (χ4n) is 1.23. The van der Waals surface area contributed by atoms with Crippen LogP contribution in [0.2, 0.25) is 0 Å². The van der Waals surface area contributed by atoms with Gasteiger partial charge in [0, 0.05) is 18.4 Å². The molecule has 0 bridgehead atoms. The fraction of sp³-hybridized carbons (Fsp3) is 0.636. The summed E-state index contributed by atoms with van der Waals surface area (Å²) >= 11 is 5.16. The molecule has 0 spiro atoms. The van der Waals surface area contributed by atoms with Crippen molar-refractivity contribution in [2.24, 2.45) is 0 Å². The molecule has 0 fully saturated rings. The quantitative estimate of drug-likeness (QED) is 0.597. The molecule has 0 saturated carbocycles. The van der Waals surface area contributed by atoms with Gasteiger partial charge in [0.15, 0.2) is 0 Å². The van der Waals surface area contributed by atoms with Crippen molar-refractivity contribution in [2.75, 3.05) is 18.5 Å². The lowest BCUT2D eigenvalue weighted by atomic mass is 10.3. The highest BCUT2D eigenvalue weighted by Crippen LogP contribution is 2.33. The predicted molar refractivity (Wildman–Crippen MR) is 75.5 cm³/mol. The van der Waals surface area contributed by atoms with Crippen LogP contribution in [0.4, 0.5) is 5.82 Å². The van der Waals surface area contributed by atoms with Gasteiger partial charge in [0.1, 0.15) is 17.2 Å². The van der Waals surface area contributed by atoms with Crippen molar-refractivity contribution in [1.82, 2.24) is 9.97 Å². The van der Waals surface area contributed by atoms with Crippen LogP contribution < -0.4 is 5.32 Å². The van der Waals surface area contributed by atoms with Crippen molar-refractivity contribution in [3.05, 3.63) is 10.8 Å². The normalized spacial score (nSPS) is 12.5. The van der Waals surface area contributed by atoms with Crippen molar-refractivity contribution < 1.29 is 5.11 Å². The van der Waals surface area contributed by atoms with Crippen molar-refractivity contribution in [2.45, 2.75) is 37.0 Å². The molecule has 2 N–H and O–H groups in total. The second kappa shape index (κ2) is 7.89. The van der Waals surface area contributed by atoms with Gasteiger partial charge in [-0.15, -0.1) is 11.8 Å². The van der Waals surface area contributed by atoms with Crippen LogP contribution in [0.3, 0.4) is 0 Å². The number of anilines is 1. The highest BCUT2D eigenvalue weighted by Gasteiger charge is 2.12. The number of aromatic nitrogens is 2. The smallest absolute Gasteiger partial charge is 0.144 e. The number of thioether (sulfide) groups is 1. The van der Waals surface area contributed by atoms with Crippen LogP contribution in [0.5, 0.6) is 0 Å². The summed E-state index contributed by atoms with van der Waals surface area (Å²) in [4.78, 5) is 8.45. The van der Waals surface area contributed by atoms with Gasteiger partial charge >= 0.3 is 0 Å². The molecule has 17 heavy (non-hydrogen) atoms. The highest BCUT2D eigenvalue weighted by atomic mass is 79.9. The molecule has 1 aromatic rings. The average Bonchev–Trinajstić information content (AvgIpc) is 2.30. The van der Waals surface area contributed by atoms with Gasteiger partial charge in [-0.05, 0) is 28.8 Å². The Morgan fingerprint density at radius 2 is 2.29 bits per heavy atom. The lowest BCUT2D eigenvalue weighted by Crippen LogP contribution is -2.05. The number of nitrogens with one attached hydrogen (secondary N) is 1. The van der Waals surface area contributed by atoms with E-state index < -0.39 is 0 Å². The minimum absolute atomic E-state index is 0.206. The molecule has 4 nitrogen and oxygen atoms in total. The summed E-state index contributed by atoms with van der Waals surface area (Å²) in [6, 6.07) is 0. The third kappa shape index (κ3) is 4.81. The van der Waals surface area contributed by atoms with Gasteiger partial charge in [-0.3, -0.25) is 0 Å². The second-order valence-corrected chi connectivity index (χ2v) is 5.93. The van der Waals surface area contributed by atoms with E-state index in [4.69, 9.17) is 5.11 Å². The maximum Gasteiger partial charge on any atom is 0.144 e. The molecule has 0 amide bonds. The number of nitrogens with zero attached hydrogens (tertiary/aromatic N) is 2. The van der Waals surface area contributed by atoms with E-state index in [1.54, 1.807) is 18.1 Å². The van der Waals surface area contributed by atoms with Crippen molar-refractivity contribution in [1.29, 1.82) is 0 Å². The van der Waals surface area contributed by atoms with Gasteiger partial charge in [-0.1, -0.05) is 13.8 Å². The second-order valence-electron chi connectivity index (χ2n) is 3.71. The standard InChI is InChI=1S/C11H18BrN3OS/c1-3-5-13-10-9(12)11(15-7-14-10)17-8(2)4-6-16/h7-8,16H,3-6H2,1-2H3,(H,13,14,15). The van der Waals surface area contributed by atoms with E-state index in [2.05, 4.69) is 45.1 Å². The van der Waals surface area contributed by atoms with E-state index in [1.807, 2.05) is 0 Å². The molecule has 0 radical (unpaired) electrons. The third-order valence-electron chi connectivity index (χ3n) is 2.15. The Morgan fingerprint density at radius 1 is 1.53 bits per heavy atom. The number of halogens is 1. The van der Waals surface area contributed by atoms with E-state index in [0.717, 1.165) is 34.7 Å². The zero-order chi connectivity index (χ0) is 12.7. The first-order valence-corrected chi connectivity index (χ1v) is 7.38. The lowest BCUT2D eigenvalue weighted by molar-refractivity contribution is 0.289. The predicted octanol–water partition coefficient (Wildman–Crippen LogP) is 2.92. The van der Waals surface area contributed by atoms with Crippen molar-refractivity contribution in [3.8, 4) is 0 Å². The molecule has 1 aromatic heterocycles. The van der Waals surface area contributed by atoms with Crippen LogP contribution in [0.1, 0.15) is 26.7 Å². The summed E-state index contributed by atoms with van der Waals surface area (Å²) in [6.45, 7) is 5.29. The van der Waals surface area contributed by atoms with Gasteiger partial charge in [0.05, 0.1) is 4.47 Å². The molecular formula is C11H18BrN3OS. The topological polar surface area (TPSA) is 58.0 Å². The first kappa shape index (κ1) is 14.7. The Balaban J connectivity index is 2.72. The summed E-state index contributed by atoms with van der Waals surface area (Å²) in [5, 5.41) is 13.4. The molecule has 1 rings (SSSR count). The highest BCUT2D eigenvalue weighted by molar-refractivity contribution is 9.10. The van der Waals surface area contributed by atoms with Crippen LogP contribution in [0.25, 0.3) is 0 Å². The summed E-state index contributed by atoms with van der Waals surface area (Å²) in [6.07, 6.45) is 3.38. The summed E-state index contributed by atoms with van der Waals surface area (Å²) < 4.78 is 0.906. The van der Waals surface area contributed by atoms with E-state index in [1.165, 1.54) is 0 Å². The van der Waals surface area contributed by atoms with E-state index in [9.17, 15) is 0 Å². The fourth-order valence-corrected chi connectivity index (χ4v) is 2.77. The van der Waals surface area contributed by atoms with Crippen LogP contribution in [-0.4, -0.2) is 33.5 Å². The SMILES string of the molecule is CCCNc1ncnc(SC(C)CCO)c1Br. The van der Waals surface area contributed by atoms with Crippen LogP contribution in [-0.2, 0) is 0 Å². The van der Waals surface area contributed by atoms with Crippen LogP contribution in [0, 0.1) is 0 Å². The molecular weight excluding hydrogens is 302 g/mol. The Hall–Kier alpha value is -0.330. The number of rotatable bonds is 7. The molecule has 1 unspecified atom stereocenters. The first-order valence-electron chi connectivity index (χ1n) is 5.70. The van der Waals surface area contributed by atoms with Gasteiger partial charge in [0.25, 0.3) is 0 Å². The van der Waals surface area contributed by atoms with Gasteiger partial charge in [0.2, 0.25) is 0 Å². The van der Waals surface area contributed by atoms with Gasteiger partial charge < -0.3 is 10.4 Å². The van der Waals surface area contributed by atoms with E-state index in [-0.39, 0.29) is 6.61 Å². The zero-order valence-corrected chi connectivity index (χ0v) is 12.5. The largest absolute Gasteiger partial charge is 0.396 e. The number of hydrogen-bond acceptors (Lipinski definition) is 5. The summed E-state index contributed by atoms with van der Waals surface area (Å²) in [5.41, 5.74) is 0. The average molecular weight is 320 g/mol. The number of aliphatic hydroxyl groups excluding tert-OH is 1. The molecule has 1 atom stereocenters. The number of aliphatic hydroxyl groups is 1. The van der Waals surface area contributed by atoms with Crippen molar-refractivity contribution in [3.63, 3.8) is 0 Å². The van der Waals surface area contributed by atoms with E-state index >= 15 is 0 Å². The molecule has 1 heterocycles. The summed E-state index contributed by atoms with van der Waals surface area (Å²) in [7, 11) is 0. The van der Waals surface area contributed by atoms with Crippen LogP contribution in [0.15, 0.2) is 15.8 Å². The minimum atomic E-state index is 0.206. The summed E-state index contributed by atoms with van der Waals surface area (Å²) in [5.74, 6) is 0.834. The molecule has 0 aliphatic carbocycles. The van der Waals surface area contributed by atoms with Crippen molar-refractivity contribution >= 4 is 33.5 Å². The maximum absolute atomic E-state index is 8.88. The lowest BCUT2D eigenvalue weighted by Gasteiger charge is -2.12. The third-order valence-corrected chi connectivity index (χ3v) is 4.33. The molecule has 6 heteroatoms. The molecule has 0 aliphatic heterocycles.